The largest absolute Gasteiger partial charge is 0.478 e. The lowest BCUT2D eigenvalue weighted by Gasteiger charge is -2.03. The van der Waals surface area contributed by atoms with Crippen LogP contribution in [-0.4, -0.2) is 29.4 Å². The van der Waals surface area contributed by atoms with Crippen LogP contribution in [0.3, 0.4) is 0 Å². The van der Waals surface area contributed by atoms with E-state index in [0.717, 1.165) is 0 Å². The summed E-state index contributed by atoms with van der Waals surface area (Å²) in [7, 11) is 0. The molecule has 96 valence electrons. The minimum Gasteiger partial charge on any atom is -0.478 e. The number of hydrazone groups is 1. The van der Waals surface area contributed by atoms with Gasteiger partial charge < -0.3 is 9.84 Å². The highest BCUT2D eigenvalue weighted by molar-refractivity contribution is 6.35. The summed E-state index contributed by atoms with van der Waals surface area (Å²) >= 11 is 0. The highest BCUT2D eigenvalue weighted by Crippen LogP contribution is 2.09. The maximum atomic E-state index is 11.2. The van der Waals surface area contributed by atoms with Gasteiger partial charge in [-0.1, -0.05) is 0 Å². The molecule has 6 nitrogen and oxygen atoms in total. The predicted molar refractivity (Wildman–Crippen MR) is 66.8 cm³/mol. The molecule has 0 aliphatic rings. The maximum Gasteiger partial charge on any atom is 0.354 e. The van der Waals surface area contributed by atoms with E-state index in [-0.39, 0.29) is 11.3 Å². The van der Waals surface area contributed by atoms with Crippen molar-refractivity contribution in [3.63, 3.8) is 0 Å². The van der Waals surface area contributed by atoms with Crippen molar-refractivity contribution in [2.75, 3.05) is 12.0 Å². The average Bonchev–Trinajstić information content (AvgIpc) is 2.36. The fourth-order valence-corrected chi connectivity index (χ4v) is 1.12. The van der Waals surface area contributed by atoms with Crippen molar-refractivity contribution in [3.8, 4) is 0 Å². The van der Waals surface area contributed by atoms with Crippen LogP contribution < -0.4 is 5.43 Å². The lowest BCUT2D eigenvalue weighted by molar-refractivity contribution is -0.135. The Balaban J connectivity index is 2.65. The summed E-state index contributed by atoms with van der Waals surface area (Å²) in [5.41, 5.74) is 3.61. The second kappa shape index (κ2) is 6.39. The Hall–Kier alpha value is -2.37. The number of hydrogen-bond donors (Lipinski definition) is 2. The summed E-state index contributed by atoms with van der Waals surface area (Å²) in [6.45, 7) is 3.53. The monoisotopic (exact) mass is 250 g/mol. The Bertz CT molecular complexity index is 465. The number of carboxylic acid groups (broad SMARTS) is 1. The highest BCUT2D eigenvalue weighted by Gasteiger charge is 2.06. The van der Waals surface area contributed by atoms with E-state index in [0.29, 0.717) is 12.3 Å². The van der Waals surface area contributed by atoms with Crippen molar-refractivity contribution in [2.24, 2.45) is 5.10 Å². The molecular weight excluding hydrogens is 236 g/mol. The number of hydrogen-bond acceptors (Lipinski definition) is 5. The first-order valence-corrected chi connectivity index (χ1v) is 5.35. The van der Waals surface area contributed by atoms with Crippen molar-refractivity contribution < 1.29 is 19.4 Å². The zero-order chi connectivity index (χ0) is 13.5. The zero-order valence-electron chi connectivity index (χ0n) is 10.1. The summed E-state index contributed by atoms with van der Waals surface area (Å²) < 4.78 is 4.76. The summed E-state index contributed by atoms with van der Waals surface area (Å²) in [6.07, 6.45) is 0. The van der Waals surface area contributed by atoms with Crippen LogP contribution in [0.15, 0.2) is 29.4 Å². The van der Waals surface area contributed by atoms with Gasteiger partial charge >= 0.3 is 11.9 Å². The van der Waals surface area contributed by atoms with Crippen LogP contribution in [0.25, 0.3) is 0 Å². The third kappa shape index (κ3) is 3.89. The molecule has 0 aromatic heterocycles. The van der Waals surface area contributed by atoms with Gasteiger partial charge in [-0.2, -0.15) is 5.10 Å². The molecule has 0 heterocycles. The minimum absolute atomic E-state index is 0.187. The van der Waals surface area contributed by atoms with Gasteiger partial charge in [-0.25, -0.2) is 9.59 Å². The van der Waals surface area contributed by atoms with Crippen LogP contribution in [0.2, 0.25) is 0 Å². The third-order valence-electron chi connectivity index (χ3n) is 2.06. The normalized spacial score (nSPS) is 10.9. The number of aromatic carboxylic acids is 1. The average molecular weight is 250 g/mol. The number of carbonyl (C=O) groups is 2. The van der Waals surface area contributed by atoms with Gasteiger partial charge in [0.2, 0.25) is 0 Å². The first-order valence-electron chi connectivity index (χ1n) is 5.35. The van der Waals surface area contributed by atoms with E-state index < -0.39 is 11.9 Å². The summed E-state index contributed by atoms with van der Waals surface area (Å²) in [5, 5.41) is 12.5. The Kier molecular flexibility index (Phi) is 4.86. The number of carboxylic acids is 1. The van der Waals surface area contributed by atoms with E-state index in [1.807, 2.05) is 0 Å². The number of benzene rings is 1. The number of nitrogens with zero attached hydrogens (tertiary/aromatic N) is 1. The molecule has 0 radical (unpaired) electrons. The van der Waals surface area contributed by atoms with Crippen LogP contribution in [0.1, 0.15) is 24.2 Å². The summed E-state index contributed by atoms with van der Waals surface area (Å²) in [4.78, 5) is 21.9. The number of rotatable bonds is 5. The first kappa shape index (κ1) is 13.7. The molecular formula is C12H14N2O4. The van der Waals surface area contributed by atoms with Crippen LogP contribution in [-0.2, 0) is 9.53 Å². The number of carbonyl (C=O) groups excluding carboxylic acids is 1. The molecule has 0 atom stereocenters. The molecule has 2 N–H and O–H groups in total. The van der Waals surface area contributed by atoms with E-state index in [1.54, 1.807) is 19.1 Å². The van der Waals surface area contributed by atoms with Gasteiger partial charge in [0.15, 0.2) is 0 Å². The van der Waals surface area contributed by atoms with Crippen LogP contribution in [0.4, 0.5) is 5.69 Å². The number of anilines is 1. The van der Waals surface area contributed by atoms with Crippen molar-refractivity contribution >= 4 is 23.3 Å². The van der Waals surface area contributed by atoms with Gasteiger partial charge in [0, 0.05) is 0 Å². The Morgan fingerprint density at radius 1 is 1.33 bits per heavy atom. The molecule has 0 bridgehead atoms. The molecule has 0 aliphatic carbocycles. The fraction of sp³-hybridized carbons (Fsp3) is 0.250. The van der Waals surface area contributed by atoms with Crippen molar-refractivity contribution in [1.29, 1.82) is 0 Å². The van der Waals surface area contributed by atoms with E-state index in [9.17, 15) is 9.59 Å². The SMILES string of the molecule is CCOC(=O)/C(C)=N\Nc1ccc(C(=O)O)cc1. The van der Waals surface area contributed by atoms with Gasteiger partial charge in [-0.05, 0) is 38.1 Å². The second-order valence-corrected chi connectivity index (χ2v) is 3.41. The molecule has 0 fully saturated rings. The van der Waals surface area contributed by atoms with Gasteiger partial charge in [0.05, 0.1) is 17.9 Å². The summed E-state index contributed by atoms with van der Waals surface area (Å²) in [6, 6.07) is 6.01. The molecule has 0 amide bonds. The maximum absolute atomic E-state index is 11.2. The van der Waals surface area contributed by atoms with Crippen LogP contribution in [0.5, 0.6) is 0 Å². The molecule has 6 heteroatoms. The third-order valence-corrected chi connectivity index (χ3v) is 2.06. The van der Waals surface area contributed by atoms with Gasteiger partial charge in [-0.3, -0.25) is 5.43 Å². The van der Waals surface area contributed by atoms with Crippen LogP contribution >= 0.6 is 0 Å². The van der Waals surface area contributed by atoms with E-state index in [4.69, 9.17) is 9.84 Å². The molecule has 0 unspecified atom stereocenters. The lowest BCUT2D eigenvalue weighted by atomic mass is 10.2. The van der Waals surface area contributed by atoms with E-state index in [2.05, 4.69) is 10.5 Å². The van der Waals surface area contributed by atoms with Crippen molar-refractivity contribution in [3.05, 3.63) is 29.8 Å². The zero-order valence-corrected chi connectivity index (χ0v) is 10.1. The number of nitrogens with one attached hydrogen (secondary N) is 1. The van der Waals surface area contributed by atoms with Gasteiger partial charge in [-0.15, -0.1) is 0 Å². The molecule has 0 aliphatic heterocycles. The smallest absolute Gasteiger partial charge is 0.354 e. The van der Waals surface area contributed by atoms with Crippen molar-refractivity contribution in [2.45, 2.75) is 13.8 Å². The molecule has 0 saturated carbocycles. The molecule has 1 rings (SSSR count). The van der Waals surface area contributed by atoms with E-state index >= 15 is 0 Å². The predicted octanol–water partition coefficient (Wildman–Crippen LogP) is 1.74. The van der Waals surface area contributed by atoms with E-state index in [1.165, 1.54) is 19.1 Å². The molecule has 0 spiro atoms. The van der Waals surface area contributed by atoms with Gasteiger partial charge in [0.1, 0.15) is 5.71 Å². The topological polar surface area (TPSA) is 88.0 Å². The second-order valence-electron chi connectivity index (χ2n) is 3.41. The first-order chi connectivity index (χ1) is 8.54. The minimum atomic E-state index is -0.993. The highest BCUT2D eigenvalue weighted by atomic mass is 16.5. The summed E-state index contributed by atoms with van der Waals surface area (Å²) in [5.74, 6) is -1.49. The van der Waals surface area contributed by atoms with Gasteiger partial charge in [0.25, 0.3) is 0 Å². The molecule has 1 aromatic rings. The number of ether oxygens (including phenoxy) is 1. The molecule has 0 saturated heterocycles. The lowest BCUT2D eigenvalue weighted by Crippen LogP contribution is -2.15. The Morgan fingerprint density at radius 2 is 1.94 bits per heavy atom. The molecule has 18 heavy (non-hydrogen) atoms. The van der Waals surface area contributed by atoms with Crippen molar-refractivity contribution in [1.82, 2.24) is 0 Å². The quantitative estimate of drug-likeness (QED) is 0.472. The number of esters is 1. The molecule has 1 aromatic carbocycles. The standard InChI is InChI=1S/C12H14N2O4/c1-3-18-12(17)8(2)13-14-10-6-4-9(5-7-10)11(15)16/h4-7,14H,3H2,1-2H3,(H,15,16)/b13-8-. The Morgan fingerprint density at radius 3 is 2.44 bits per heavy atom. The fourth-order valence-electron chi connectivity index (χ4n) is 1.12. The Labute approximate surface area is 104 Å². The van der Waals surface area contributed by atoms with Crippen LogP contribution in [0, 0.1) is 0 Å².